The van der Waals surface area contributed by atoms with Crippen LogP contribution in [0.1, 0.15) is 20.3 Å². The Morgan fingerprint density at radius 3 is 2.56 bits per heavy atom. The summed E-state index contributed by atoms with van der Waals surface area (Å²) in [5.41, 5.74) is 0. The molecule has 6 nitrogen and oxygen atoms in total. The fourth-order valence-corrected chi connectivity index (χ4v) is 2.03. The Kier molecular flexibility index (Phi) is 3.22. The van der Waals surface area contributed by atoms with Crippen LogP contribution >= 0.6 is 0 Å². The minimum Gasteiger partial charge on any atom is -0.394 e. The quantitative estimate of drug-likeness (QED) is 0.578. The molecule has 2 aliphatic rings. The lowest BCUT2D eigenvalue weighted by molar-refractivity contribution is -0.236. The normalized spacial score (nSPS) is 49.3. The summed E-state index contributed by atoms with van der Waals surface area (Å²) in [6, 6.07) is 0. The maximum absolute atomic E-state index is 9.89. The Morgan fingerprint density at radius 2 is 2.06 bits per heavy atom. The van der Waals surface area contributed by atoms with Crippen molar-refractivity contribution in [1.82, 2.24) is 0 Å². The van der Waals surface area contributed by atoms with Crippen LogP contribution in [-0.4, -0.2) is 58.4 Å². The number of fused-ring (bicyclic) bond motifs is 1. The van der Waals surface area contributed by atoms with E-state index in [0.717, 1.165) is 0 Å². The smallest absolute Gasteiger partial charge is 0.190 e. The van der Waals surface area contributed by atoms with Gasteiger partial charge in [0, 0.05) is 0 Å². The summed E-state index contributed by atoms with van der Waals surface area (Å²) in [6.45, 7) is 3.22. The molecule has 16 heavy (non-hydrogen) atoms. The molecule has 0 spiro atoms. The highest BCUT2D eigenvalue weighted by atomic mass is 16.8. The van der Waals surface area contributed by atoms with E-state index in [1.807, 2.05) is 6.92 Å². The van der Waals surface area contributed by atoms with Crippen LogP contribution in [0.25, 0.3) is 0 Å². The molecule has 0 amide bonds. The molecule has 2 rings (SSSR count). The van der Waals surface area contributed by atoms with E-state index in [-0.39, 0.29) is 0 Å². The largest absolute Gasteiger partial charge is 0.394 e. The molecule has 6 heteroatoms. The molecule has 94 valence electrons. The SMILES string of the molecule is CCC1(C)O[C@H]2O[C@H]([C@H](O)CO)[C@H](O)[C@H]2O1. The van der Waals surface area contributed by atoms with Crippen LogP contribution in [0.2, 0.25) is 0 Å². The van der Waals surface area contributed by atoms with Crippen molar-refractivity contribution in [2.75, 3.05) is 6.61 Å². The van der Waals surface area contributed by atoms with Gasteiger partial charge in [-0.15, -0.1) is 0 Å². The van der Waals surface area contributed by atoms with Crippen molar-refractivity contribution >= 4 is 0 Å². The zero-order valence-corrected chi connectivity index (χ0v) is 9.37. The molecule has 6 atom stereocenters. The van der Waals surface area contributed by atoms with Gasteiger partial charge >= 0.3 is 0 Å². The second-order valence-electron chi connectivity index (χ2n) is 4.40. The maximum atomic E-state index is 9.89. The van der Waals surface area contributed by atoms with Crippen molar-refractivity contribution < 1.29 is 29.5 Å². The Morgan fingerprint density at radius 1 is 1.38 bits per heavy atom. The summed E-state index contributed by atoms with van der Waals surface area (Å²) >= 11 is 0. The van der Waals surface area contributed by atoms with E-state index in [1.165, 1.54) is 0 Å². The van der Waals surface area contributed by atoms with Gasteiger partial charge in [-0.2, -0.15) is 0 Å². The molecule has 2 heterocycles. The van der Waals surface area contributed by atoms with Crippen LogP contribution in [0.15, 0.2) is 0 Å². The molecule has 0 aliphatic carbocycles. The van der Waals surface area contributed by atoms with Crippen molar-refractivity contribution in [2.45, 2.75) is 56.8 Å². The first-order valence-electron chi connectivity index (χ1n) is 5.49. The van der Waals surface area contributed by atoms with Crippen molar-refractivity contribution in [1.29, 1.82) is 0 Å². The van der Waals surface area contributed by atoms with Gasteiger partial charge in [0.2, 0.25) is 0 Å². The van der Waals surface area contributed by atoms with Crippen LogP contribution < -0.4 is 0 Å². The average Bonchev–Trinajstić information content (AvgIpc) is 2.75. The van der Waals surface area contributed by atoms with Crippen molar-refractivity contribution in [3.05, 3.63) is 0 Å². The summed E-state index contributed by atoms with van der Waals surface area (Å²) in [5.74, 6) is -0.745. The third-order valence-electron chi connectivity index (χ3n) is 3.19. The zero-order valence-electron chi connectivity index (χ0n) is 9.37. The molecule has 1 unspecified atom stereocenters. The first kappa shape index (κ1) is 12.2. The number of rotatable bonds is 3. The highest BCUT2D eigenvalue weighted by Gasteiger charge is 2.56. The van der Waals surface area contributed by atoms with E-state index in [9.17, 15) is 10.2 Å². The monoisotopic (exact) mass is 234 g/mol. The molecule has 0 radical (unpaired) electrons. The Labute approximate surface area is 93.7 Å². The van der Waals surface area contributed by atoms with Crippen LogP contribution in [0, 0.1) is 0 Å². The van der Waals surface area contributed by atoms with E-state index in [4.69, 9.17) is 19.3 Å². The first-order chi connectivity index (χ1) is 7.50. The molecule has 2 aliphatic heterocycles. The third kappa shape index (κ3) is 1.85. The van der Waals surface area contributed by atoms with Crippen LogP contribution in [0.5, 0.6) is 0 Å². The molecular weight excluding hydrogens is 216 g/mol. The van der Waals surface area contributed by atoms with E-state index >= 15 is 0 Å². The summed E-state index contributed by atoms with van der Waals surface area (Å²) in [7, 11) is 0. The predicted octanol–water partition coefficient (Wildman–Crippen LogP) is -1.03. The maximum Gasteiger partial charge on any atom is 0.190 e. The summed E-state index contributed by atoms with van der Waals surface area (Å²) in [6.07, 6.45) is -3.60. The number of aliphatic hydroxyl groups excluding tert-OH is 3. The van der Waals surface area contributed by atoms with Gasteiger partial charge in [-0.25, -0.2) is 0 Å². The minimum absolute atomic E-state index is 0.466. The fraction of sp³-hybridized carbons (Fsp3) is 1.00. The summed E-state index contributed by atoms with van der Waals surface area (Å²) in [4.78, 5) is 0. The van der Waals surface area contributed by atoms with Crippen LogP contribution in [-0.2, 0) is 14.2 Å². The lowest BCUT2D eigenvalue weighted by Gasteiger charge is -2.26. The lowest BCUT2D eigenvalue weighted by atomic mass is 10.1. The molecule has 3 N–H and O–H groups in total. The molecule has 0 aromatic rings. The van der Waals surface area contributed by atoms with E-state index in [1.54, 1.807) is 6.92 Å². The van der Waals surface area contributed by atoms with Gasteiger partial charge in [0.1, 0.15) is 24.4 Å². The number of hydrogen-bond acceptors (Lipinski definition) is 6. The van der Waals surface area contributed by atoms with Gasteiger partial charge in [0.05, 0.1) is 6.61 Å². The standard InChI is InChI=1S/C10H18O6/c1-3-10(2)15-8-6(13)7(5(12)4-11)14-9(8)16-10/h5-9,11-13H,3-4H2,1-2H3/t5-,6+,7-,8-,9-,10?/m1/s1. The summed E-state index contributed by atoms with van der Waals surface area (Å²) < 4.78 is 16.4. The van der Waals surface area contributed by atoms with Crippen molar-refractivity contribution in [2.24, 2.45) is 0 Å². The van der Waals surface area contributed by atoms with Gasteiger partial charge < -0.3 is 29.5 Å². The molecule has 0 saturated carbocycles. The Hall–Kier alpha value is -0.240. The van der Waals surface area contributed by atoms with Gasteiger partial charge in [-0.1, -0.05) is 6.92 Å². The molecule has 2 saturated heterocycles. The van der Waals surface area contributed by atoms with Crippen molar-refractivity contribution in [3.8, 4) is 0 Å². The van der Waals surface area contributed by atoms with Gasteiger partial charge in [-0.3, -0.25) is 0 Å². The van der Waals surface area contributed by atoms with E-state index < -0.39 is 43.1 Å². The van der Waals surface area contributed by atoms with Gasteiger partial charge in [0.15, 0.2) is 12.1 Å². The molecule has 2 fully saturated rings. The zero-order chi connectivity index (χ0) is 11.9. The molecule has 0 aromatic heterocycles. The molecular formula is C10H18O6. The van der Waals surface area contributed by atoms with Gasteiger partial charge in [-0.05, 0) is 13.3 Å². The lowest BCUT2D eigenvalue weighted by Crippen LogP contribution is -2.42. The highest BCUT2D eigenvalue weighted by Crippen LogP contribution is 2.39. The minimum atomic E-state index is -1.12. The number of aliphatic hydroxyl groups is 3. The average molecular weight is 234 g/mol. The van der Waals surface area contributed by atoms with Crippen LogP contribution in [0.3, 0.4) is 0 Å². The van der Waals surface area contributed by atoms with Crippen molar-refractivity contribution in [3.63, 3.8) is 0 Å². The van der Waals surface area contributed by atoms with Crippen LogP contribution in [0.4, 0.5) is 0 Å². The van der Waals surface area contributed by atoms with E-state index in [0.29, 0.717) is 6.42 Å². The summed E-state index contributed by atoms with van der Waals surface area (Å²) in [5, 5.41) is 28.1. The fourth-order valence-electron chi connectivity index (χ4n) is 2.03. The Balaban J connectivity index is 2.04. The van der Waals surface area contributed by atoms with E-state index in [2.05, 4.69) is 0 Å². The second kappa shape index (κ2) is 4.21. The number of hydrogen-bond donors (Lipinski definition) is 3. The van der Waals surface area contributed by atoms with Gasteiger partial charge in [0.25, 0.3) is 0 Å². The molecule has 0 aromatic carbocycles. The third-order valence-corrected chi connectivity index (χ3v) is 3.19. The molecule has 0 bridgehead atoms. The predicted molar refractivity (Wildman–Crippen MR) is 52.4 cm³/mol. The first-order valence-corrected chi connectivity index (χ1v) is 5.49. The highest BCUT2D eigenvalue weighted by molar-refractivity contribution is 4.96. The number of ether oxygens (including phenoxy) is 3. The topological polar surface area (TPSA) is 88.4 Å². The second-order valence-corrected chi connectivity index (χ2v) is 4.40. The Bertz CT molecular complexity index is 258.